The number of anilines is 4. The van der Waals surface area contributed by atoms with E-state index in [0.717, 1.165) is 16.9 Å². The van der Waals surface area contributed by atoms with Crippen LogP contribution in [-0.2, 0) is 0 Å². The number of aryl methyl sites for hydroxylation is 1. The first-order valence-corrected chi connectivity index (χ1v) is 7.52. The second-order valence-electron chi connectivity index (χ2n) is 5.09. The molecular formula is C17H16ClN5. The molecule has 5 nitrogen and oxygen atoms in total. The fraction of sp³-hybridized carbons (Fsp3) is 0.118. The van der Waals surface area contributed by atoms with Crippen LogP contribution >= 0.6 is 11.6 Å². The van der Waals surface area contributed by atoms with Crippen LogP contribution in [0.2, 0.25) is 5.02 Å². The van der Waals surface area contributed by atoms with Gasteiger partial charge >= 0.3 is 0 Å². The Morgan fingerprint density at radius 2 is 1.83 bits per heavy atom. The lowest BCUT2D eigenvalue weighted by Gasteiger charge is -2.19. The van der Waals surface area contributed by atoms with Crippen molar-refractivity contribution in [3.63, 3.8) is 0 Å². The van der Waals surface area contributed by atoms with E-state index >= 15 is 0 Å². The quantitative estimate of drug-likeness (QED) is 0.773. The van der Waals surface area contributed by atoms with Crippen molar-refractivity contribution in [2.24, 2.45) is 0 Å². The molecule has 2 aromatic carbocycles. The van der Waals surface area contributed by atoms with E-state index in [9.17, 15) is 0 Å². The van der Waals surface area contributed by atoms with Crippen molar-refractivity contribution in [2.75, 3.05) is 17.3 Å². The van der Waals surface area contributed by atoms with Crippen molar-refractivity contribution in [3.05, 3.63) is 65.4 Å². The van der Waals surface area contributed by atoms with Gasteiger partial charge in [-0.05, 0) is 36.8 Å². The second-order valence-corrected chi connectivity index (χ2v) is 5.53. The monoisotopic (exact) mass is 325 g/mol. The van der Waals surface area contributed by atoms with E-state index in [-0.39, 0.29) is 0 Å². The lowest BCUT2D eigenvalue weighted by Crippen LogP contribution is -2.15. The molecule has 0 unspecified atom stereocenters. The zero-order valence-corrected chi connectivity index (χ0v) is 13.6. The highest BCUT2D eigenvalue weighted by molar-refractivity contribution is 6.30. The highest BCUT2D eigenvalue weighted by Gasteiger charge is 2.11. The molecule has 0 saturated carbocycles. The molecule has 0 bridgehead atoms. The summed E-state index contributed by atoms with van der Waals surface area (Å²) < 4.78 is 0. The number of aromatic nitrogens is 3. The standard InChI is InChI=1S/C17H16ClN5/c1-12-8-9-13(18)10-15(12)23(2)17-20-11-19-16(22-17)21-14-6-4-3-5-7-14/h3-11H,1-2H3,(H,19,20,21,22). The molecule has 0 saturated heterocycles. The van der Waals surface area contributed by atoms with E-state index in [1.807, 2.05) is 67.4 Å². The van der Waals surface area contributed by atoms with Gasteiger partial charge in [0, 0.05) is 23.4 Å². The van der Waals surface area contributed by atoms with Crippen molar-refractivity contribution in [1.29, 1.82) is 0 Å². The van der Waals surface area contributed by atoms with Gasteiger partial charge in [-0.2, -0.15) is 4.98 Å². The first-order chi connectivity index (χ1) is 11.1. The third-order valence-electron chi connectivity index (χ3n) is 3.42. The predicted octanol–water partition coefficient (Wildman–Crippen LogP) is 4.34. The summed E-state index contributed by atoms with van der Waals surface area (Å²) in [4.78, 5) is 14.8. The normalized spacial score (nSPS) is 10.4. The lowest BCUT2D eigenvalue weighted by atomic mass is 10.2. The SMILES string of the molecule is Cc1ccc(Cl)cc1N(C)c1ncnc(Nc2ccccc2)n1. The maximum Gasteiger partial charge on any atom is 0.234 e. The van der Waals surface area contributed by atoms with Gasteiger partial charge in [-0.15, -0.1) is 0 Å². The summed E-state index contributed by atoms with van der Waals surface area (Å²) in [5.74, 6) is 1.04. The number of nitrogens with zero attached hydrogens (tertiary/aromatic N) is 4. The molecule has 23 heavy (non-hydrogen) atoms. The van der Waals surface area contributed by atoms with Crippen LogP contribution < -0.4 is 10.2 Å². The van der Waals surface area contributed by atoms with Crippen LogP contribution in [0.15, 0.2) is 54.9 Å². The first kappa shape index (κ1) is 15.2. The van der Waals surface area contributed by atoms with Crippen molar-refractivity contribution in [1.82, 2.24) is 15.0 Å². The Balaban J connectivity index is 1.88. The molecule has 0 radical (unpaired) electrons. The van der Waals surface area contributed by atoms with Crippen molar-refractivity contribution in [3.8, 4) is 0 Å². The first-order valence-electron chi connectivity index (χ1n) is 7.14. The van der Waals surface area contributed by atoms with E-state index in [2.05, 4.69) is 20.3 Å². The van der Waals surface area contributed by atoms with E-state index < -0.39 is 0 Å². The molecule has 3 rings (SSSR count). The minimum atomic E-state index is 0.493. The van der Waals surface area contributed by atoms with Gasteiger partial charge in [0.15, 0.2) is 0 Å². The van der Waals surface area contributed by atoms with Gasteiger partial charge in [0.25, 0.3) is 0 Å². The van der Waals surface area contributed by atoms with Gasteiger partial charge < -0.3 is 10.2 Å². The Labute approximate surface area is 140 Å². The Kier molecular flexibility index (Phi) is 4.39. The number of rotatable bonds is 4. The fourth-order valence-corrected chi connectivity index (χ4v) is 2.38. The van der Waals surface area contributed by atoms with Crippen LogP contribution in [-0.4, -0.2) is 22.0 Å². The van der Waals surface area contributed by atoms with Gasteiger partial charge in [0.1, 0.15) is 6.33 Å². The maximum absolute atomic E-state index is 6.09. The van der Waals surface area contributed by atoms with Crippen molar-refractivity contribution < 1.29 is 0 Å². The molecule has 0 atom stereocenters. The minimum Gasteiger partial charge on any atom is -0.324 e. The minimum absolute atomic E-state index is 0.493. The number of nitrogens with one attached hydrogen (secondary N) is 1. The number of hydrogen-bond donors (Lipinski definition) is 1. The van der Waals surface area contributed by atoms with Gasteiger partial charge in [0.2, 0.25) is 11.9 Å². The maximum atomic E-state index is 6.09. The van der Waals surface area contributed by atoms with Crippen molar-refractivity contribution in [2.45, 2.75) is 6.92 Å². The largest absolute Gasteiger partial charge is 0.324 e. The molecule has 6 heteroatoms. The predicted molar refractivity (Wildman–Crippen MR) is 93.8 cm³/mol. The lowest BCUT2D eigenvalue weighted by molar-refractivity contribution is 0.987. The molecular weight excluding hydrogens is 310 g/mol. The molecule has 116 valence electrons. The van der Waals surface area contributed by atoms with E-state index in [1.54, 1.807) is 0 Å². The number of halogens is 1. The average Bonchev–Trinajstić information content (AvgIpc) is 2.57. The number of benzene rings is 2. The Morgan fingerprint density at radius 1 is 1.04 bits per heavy atom. The summed E-state index contributed by atoms with van der Waals surface area (Å²) in [6, 6.07) is 15.5. The highest BCUT2D eigenvalue weighted by atomic mass is 35.5. The Hall–Kier alpha value is -2.66. The van der Waals surface area contributed by atoms with E-state index in [1.165, 1.54) is 6.33 Å². The zero-order valence-electron chi connectivity index (χ0n) is 12.9. The molecule has 1 aromatic heterocycles. The molecule has 3 aromatic rings. The smallest absolute Gasteiger partial charge is 0.234 e. The van der Waals surface area contributed by atoms with Gasteiger partial charge in [-0.1, -0.05) is 35.9 Å². The van der Waals surface area contributed by atoms with Gasteiger partial charge in [0.05, 0.1) is 0 Å². The Bertz CT molecular complexity index is 807. The Morgan fingerprint density at radius 3 is 2.61 bits per heavy atom. The molecule has 0 fully saturated rings. The second kappa shape index (κ2) is 6.62. The van der Waals surface area contributed by atoms with Crippen LogP contribution in [0.3, 0.4) is 0 Å². The number of para-hydroxylation sites is 1. The van der Waals surface area contributed by atoms with Crippen LogP contribution in [0.5, 0.6) is 0 Å². The molecule has 0 aliphatic carbocycles. The summed E-state index contributed by atoms with van der Waals surface area (Å²) in [7, 11) is 1.90. The van der Waals surface area contributed by atoms with E-state index in [4.69, 9.17) is 11.6 Å². The fourth-order valence-electron chi connectivity index (χ4n) is 2.21. The summed E-state index contributed by atoms with van der Waals surface area (Å²) >= 11 is 6.09. The van der Waals surface area contributed by atoms with Crippen LogP contribution in [0.1, 0.15) is 5.56 Å². The highest BCUT2D eigenvalue weighted by Crippen LogP contribution is 2.27. The van der Waals surface area contributed by atoms with Crippen LogP contribution in [0.4, 0.5) is 23.3 Å². The molecule has 0 spiro atoms. The van der Waals surface area contributed by atoms with Gasteiger partial charge in [-0.3, -0.25) is 0 Å². The molecule has 0 amide bonds. The van der Waals surface area contributed by atoms with Crippen LogP contribution in [0.25, 0.3) is 0 Å². The van der Waals surface area contributed by atoms with E-state index in [0.29, 0.717) is 16.9 Å². The summed E-state index contributed by atoms with van der Waals surface area (Å²) in [6.07, 6.45) is 1.49. The van der Waals surface area contributed by atoms with Crippen molar-refractivity contribution >= 4 is 34.9 Å². The number of hydrogen-bond acceptors (Lipinski definition) is 5. The molecule has 0 aliphatic heterocycles. The zero-order chi connectivity index (χ0) is 16.2. The molecule has 1 heterocycles. The third kappa shape index (κ3) is 3.57. The third-order valence-corrected chi connectivity index (χ3v) is 3.66. The average molecular weight is 326 g/mol. The summed E-state index contributed by atoms with van der Waals surface area (Å²) in [5, 5.41) is 3.84. The summed E-state index contributed by atoms with van der Waals surface area (Å²) in [5.41, 5.74) is 2.97. The van der Waals surface area contributed by atoms with Crippen LogP contribution in [0, 0.1) is 6.92 Å². The topological polar surface area (TPSA) is 53.9 Å². The molecule has 1 N–H and O–H groups in total. The summed E-state index contributed by atoms with van der Waals surface area (Å²) in [6.45, 7) is 2.02. The molecule has 0 aliphatic rings. The van der Waals surface area contributed by atoms with Gasteiger partial charge in [-0.25, -0.2) is 9.97 Å².